The summed E-state index contributed by atoms with van der Waals surface area (Å²) in [6, 6.07) is 54.0. The number of thiophene rings is 1. The minimum Gasteiger partial charge on any atom is -0.455 e. The van der Waals surface area contributed by atoms with Gasteiger partial charge in [0, 0.05) is 58.7 Å². The van der Waals surface area contributed by atoms with Crippen molar-refractivity contribution in [3.8, 4) is 11.1 Å². The molecule has 0 N–H and O–H groups in total. The molecule has 0 unspecified atom stereocenters. The van der Waals surface area contributed by atoms with Gasteiger partial charge in [-0.1, -0.05) is 109 Å². The van der Waals surface area contributed by atoms with Crippen molar-refractivity contribution in [3.05, 3.63) is 152 Å². The summed E-state index contributed by atoms with van der Waals surface area (Å²) in [4.78, 5) is 2.36. The van der Waals surface area contributed by atoms with Crippen LogP contribution in [0.2, 0.25) is 0 Å². The van der Waals surface area contributed by atoms with Crippen molar-refractivity contribution in [2.45, 2.75) is 0 Å². The van der Waals surface area contributed by atoms with Crippen LogP contribution in [0, 0.1) is 0 Å². The fraction of sp³-hybridized carbons (Fsp3) is 0. The smallest absolute Gasteiger partial charge is 0.143 e. The Morgan fingerprint density at radius 2 is 1.07 bits per heavy atom. The molecule has 202 valence electrons. The highest BCUT2D eigenvalue weighted by Crippen LogP contribution is 2.48. The quantitative estimate of drug-likeness (QED) is 0.210. The van der Waals surface area contributed by atoms with Gasteiger partial charge in [0.15, 0.2) is 0 Å². The predicted octanol–water partition coefficient (Wildman–Crippen LogP) is 12.2. The molecule has 0 spiro atoms. The Morgan fingerprint density at radius 1 is 0.465 bits per heavy atom. The second-order valence-electron chi connectivity index (χ2n) is 10.9. The molecular weight excluding hydrogens is 543 g/mol. The molecular formula is C40H25NOS. The number of nitrogens with zero attached hydrogens (tertiary/aromatic N) is 1. The van der Waals surface area contributed by atoms with Crippen LogP contribution < -0.4 is 4.90 Å². The number of hydrogen-bond acceptors (Lipinski definition) is 3. The fourth-order valence-electron chi connectivity index (χ4n) is 6.58. The average molecular weight is 568 g/mol. The van der Waals surface area contributed by atoms with Crippen LogP contribution in [-0.2, 0) is 0 Å². The number of furan rings is 1. The summed E-state index contributed by atoms with van der Waals surface area (Å²) in [7, 11) is 0. The molecule has 0 radical (unpaired) electrons. The molecule has 3 heteroatoms. The molecule has 2 heterocycles. The molecule has 0 aliphatic rings. The van der Waals surface area contributed by atoms with Crippen molar-refractivity contribution in [2.75, 3.05) is 4.90 Å². The fourth-order valence-corrected chi connectivity index (χ4v) is 7.81. The van der Waals surface area contributed by atoms with Crippen LogP contribution >= 0.6 is 11.3 Å². The Bertz CT molecular complexity index is 2420. The summed E-state index contributed by atoms with van der Waals surface area (Å²) in [5.41, 5.74) is 7.61. The molecule has 9 aromatic rings. The van der Waals surface area contributed by atoms with Gasteiger partial charge in [0.1, 0.15) is 11.2 Å². The highest BCUT2D eigenvalue weighted by molar-refractivity contribution is 7.26. The summed E-state index contributed by atoms with van der Waals surface area (Å²) >= 11 is 1.87. The number of fused-ring (bicyclic) bond motifs is 8. The van der Waals surface area contributed by atoms with Crippen LogP contribution in [0.25, 0.3) is 64.0 Å². The molecule has 0 fully saturated rings. The minimum absolute atomic E-state index is 0.902. The van der Waals surface area contributed by atoms with E-state index in [9.17, 15) is 0 Å². The zero-order valence-electron chi connectivity index (χ0n) is 23.2. The van der Waals surface area contributed by atoms with Gasteiger partial charge in [-0.05, 0) is 48.0 Å². The van der Waals surface area contributed by atoms with Crippen molar-refractivity contribution in [1.29, 1.82) is 0 Å². The van der Waals surface area contributed by atoms with Gasteiger partial charge in [0.25, 0.3) is 0 Å². The molecule has 9 rings (SSSR count). The third kappa shape index (κ3) is 3.72. The number of hydrogen-bond donors (Lipinski definition) is 0. The van der Waals surface area contributed by atoms with Gasteiger partial charge in [0.2, 0.25) is 0 Å². The largest absolute Gasteiger partial charge is 0.455 e. The molecule has 2 aromatic heterocycles. The van der Waals surface area contributed by atoms with E-state index in [0.717, 1.165) is 49.8 Å². The summed E-state index contributed by atoms with van der Waals surface area (Å²) < 4.78 is 9.35. The summed E-state index contributed by atoms with van der Waals surface area (Å²) in [6.45, 7) is 0. The lowest BCUT2D eigenvalue weighted by atomic mass is 9.96. The molecule has 2 nitrogen and oxygen atoms in total. The lowest BCUT2D eigenvalue weighted by Gasteiger charge is -2.27. The van der Waals surface area contributed by atoms with E-state index in [1.165, 1.54) is 31.3 Å². The molecule has 0 aliphatic heterocycles. The van der Waals surface area contributed by atoms with Crippen LogP contribution in [0.1, 0.15) is 0 Å². The van der Waals surface area contributed by atoms with E-state index < -0.39 is 0 Å². The maximum Gasteiger partial charge on any atom is 0.143 e. The number of rotatable bonds is 4. The Hall–Kier alpha value is -5.38. The Labute approximate surface area is 252 Å². The molecule has 0 aliphatic carbocycles. The van der Waals surface area contributed by atoms with Gasteiger partial charge in [-0.3, -0.25) is 0 Å². The topological polar surface area (TPSA) is 16.4 Å². The second kappa shape index (κ2) is 9.59. The third-order valence-corrected chi connectivity index (χ3v) is 9.66. The predicted molar refractivity (Wildman–Crippen MR) is 184 cm³/mol. The second-order valence-corrected chi connectivity index (χ2v) is 11.9. The monoisotopic (exact) mass is 567 g/mol. The normalized spacial score (nSPS) is 11.7. The van der Waals surface area contributed by atoms with E-state index in [-0.39, 0.29) is 0 Å². The number of para-hydroxylation sites is 2. The van der Waals surface area contributed by atoms with Crippen molar-refractivity contribution >= 4 is 81.3 Å². The van der Waals surface area contributed by atoms with Crippen molar-refractivity contribution in [3.63, 3.8) is 0 Å². The maximum atomic E-state index is 6.73. The standard InChI is InChI=1S/C40H25NOS/c1-3-13-26(14-4-1)41(27-15-5-2-6-16-27)35-25-34-38-30(20-12-23-36(38)42-39(34)31-19-8-7-17-28(31)35)33-22-11-21-32-29-18-9-10-24-37(29)43-40(32)33/h1-25H. The van der Waals surface area contributed by atoms with Crippen LogP contribution in [0.4, 0.5) is 17.1 Å². The first-order chi connectivity index (χ1) is 21.3. The van der Waals surface area contributed by atoms with Gasteiger partial charge in [0.05, 0.1) is 5.69 Å². The van der Waals surface area contributed by atoms with Crippen LogP contribution in [-0.4, -0.2) is 0 Å². The van der Waals surface area contributed by atoms with Gasteiger partial charge in [-0.15, -0.1) is 11.3 Å². The first kappa shape index (κ1) is 24.2. The Kier molecular flexibility index (Phi) is 5.40. The van der Waals surface area contributed by atoms with E-state index >= 15 is 0 Å². The van der Waals surface area contributed by atoms with Crippen LogP contribution in [0.5, 0.6) is 0 Å². The van der Waals surface area contributed by atoms with E-state index in [1.54, 1.807) is 0 Å². The number of benzene rings is 7. The van der Waals surface area contributed by atoms with Crippen molar-refractivity contribution in [2.24, 2.45) is 0 Å². The summed E-state index contributed by atoms with van der Waals surface area (Å²) in [5, 5.41) is 7.13. The molecule has 7 aromatic carbocycles. The number of anilines is 3. The molecule has 0 saturated heterocycles. The summed E-state index contributed by atoms with van der Waals surface area (Å²) in [6.07, 6.45) is 0. The van der Waals surface area contributed by atoms with Crippen LogP contribution in [0.3, 0.4) is 0 Å². The van der Waals surface area contributed by atoms with E-state index in [1.807, 2.05) is 11.3 Å². The van der Waals surface area contributed by atoms with Gasteiger partial charge in [-0.25, -0.2) is 0 Å². The zero-order chi connectivity index (χ0) is 28.3. The molecule has 0 bridgehead atoms. The first-order valence-electron chi connectivity index (χ1n) is 14.5. The van der Waals surface area contributed by atoms with Gasteiger partial charge < -0.3 is 9.32 Å². The van der Waals surface area contributed by atoms with Gasteiger partial charge >= 0.3 is 0 Å². The van der Waals surface area contributed by atoms with Crippen LogP contribution in [0.15, 0.2) is 156 Å². The SMILES string of the molecule is c1ccc(N(c2ccccc2)c2cc3c(oc4cccc(-c5cccc6c5sc5ccccc56)c43)c3ccccc23)cc1. The molecule has 0 saturated carbocycles. The lowest BCUT2D eigenvalue weighted by molar-refractivity contribution is 0.673. The Morgan fingerprint density at radius 3 is 1.84 bits per heavy atom. The maximum absolute atomic E-state index is 6.73. The van der Waals surface area contributed by atoms with Crippen molar-refractivity contribution in [1.82, 2.24) is 0 Å². The zero-order valence-corrected chi connectivity index (χ0v) is 24.0. The third-order valence-electron chi connectivity index (χ3n) is 8.45. The molecule has 0 amide bonds. The van der Waals surface area contributed by atoms with Gasteiger partial charge in [-0.2, -0.15) is 0 Å². The average Bonchev–Trinajstić information content (AvgIpc) is 3.65. The first-order valence-corrected chi connectivity index (χ1v) is 15.3. The highest BCUT2D eigenvalue weighted by atomic mass is 32.1. The lowest BCUT2D eigenvalue weighted by Crippen LogP contribution is -2.10. The van der Waals surface area contributed by atoms with E-state index in [0.29, 0.717) is 0 Å². The molecule has 43 heavy (non-hydrogen) atoms. The highest BCUT2D eigenvalue weighted by Gasteiger charge is 2.22. The molecule has 0 atom stereocenters. The minimum atomic E-state index is 0.902. The van der Waals surface area contributed by atoms with Crippen molar-refractivity contribution < 1.29 is 4.42 Å². The van der Waals surface area contributed by atoms with E-state index in [2.05, 4.69) is 157 Å². The van der Waals surface area contributed by atoms with E-state index in [4.69, 9.17) is 4.42 Å². The Balaban J connectivity index is 1.40. The summed E-state index contributed by atoms with van der Waals surface area (Å²) in [5.74, 6) is 0.